The normalized spacial score (nSPS) is 14.9. The molecule has 8 N–H and O–H groups in total. The summed E-state index contributed by atoms with van der Waals surface area (Å²) in [5.41, 5.74) is 4.52. The van der Waals surface area contributed by atoms with Gasteiger partial charge >= 0.3 is 5.97 Å². The van der Waals surface area contributed by atoms with Crippen molar-refractivity contribution in [2.24, 2.45) is 17.6 Å². The second-order valence-electron chi connectivity index (χ2n) is 14.1. The number of benzene rings is 2. The average Bonchev–Trinajstić information content (AvgIpc) is 3.17. The maximum absolute atomic E-state index is 14.7. The minimum atomic E-state index is -1.68. The Morgan fingerprint density at radius 3 is 2.09 bits per heavy atom. The lowest BCUT2D eigenvalue weighted by Crippen LogP contribution is -2.58. The summed E-state index contributed by atoms with van der Waals surface area (Å²) in [4.78, 5) is 104. The summed E-state index contributed by atoms with van der Waals surface area (Å²) < 4.78 is 14.7. The molecule has 0 radical (unpaired) electrons. The highest BCUT2D eigenvalue weighted by Crippen LogP contribution is 2.28. The molecule has 0 aliphatic heterocycles. The van der Waals surface area contributed by atoms with Crippen LogP contribution in [0.3, 0.4) is 0 Å². The first-order valence-corrected chi connectivity index (χ1v) is 18.6. The summed E-state index contributed by atoms with van der Waals surface area (Å²) in [5.74, 6) is -9.77. The van der Waals surface area contributed by atoms with Gasteiger partial charge in [0.2, 0.25) is 29.4 Å². The lowest BCUT2D eigenvalue weighted by Gasteiger charge is -2.32. The van der Waals surface area contributed by atoms with E-state index in [0.717, 1.165) is 25.3 Å². The van der Waals surface area contributed by atoms with Gasteiger partial charge < -0.3 is 37.4 Å². The van der Waals surface area contributed by atoms with Crippen molar-refractivity contribution in [1.82, 2.24) is 26.6 Å². The van der Waals surface area contributed by atoms with Gasteiger partial charge in [-0.2, -0.15) is 0 Å². The van der Waals surface area contributed by atoms with Crippen LogP contribution in [0.15, 0.2) is 49.0 Å². The third-order valence-corrected chi connectivity index (χ3v) is 9.44. The smallest absolute Gasteiger partial charge is 0.339 e. The van der Waals surface area contributed by atoms with Crippen LogP contribution in [0, 0.1) is 17.7 Å². The monoisotopic (exact) mass is 778 g/mol. The number of carbonyl (C=O) groups excluding carboxylic acids is 7. The average molecular weight is 779 g/mol. The van der Waals surface area contributed by atoms with E-state index >= 15 is 0 Å². The summed E-state index contributed by atoms with van der Waals surface area (Å²) >= 11 is 0. The molecule has 1 aliphatic carbocycles. The molecule has 0 saturated heterocycles. The Labute approximate surface area is 324 Å². The fourth-order valence-electron chi connectivity index (χ4n) is 6.67. The number of halogens is 1. The third-order valence-electron chi connectivity index (χ3n) is 9.44. The first-order valence-electron chi connectivity index (χ1n) is 18.6. The molecule has 16 heteroatoms. The van der Waals surface area contributed by atoms with Crippen molar-refractivity contribution < 1.29 is 47.9 Å². The molecule has 4 unspecified atom stereocenters. The minimum absolute atomic E-state index is 0.0379. The highest BCUT2D eigenvalue weighted by molar-refractivity contribution is 6.38. The Kier molecular flexibility index (Phi) is 16.9. The van der Waals surface area contributed by atoms with Crippen molar-refractivity contribution in [2.75, 3.05) is 6.54 Å². The van der Waals surface area contributed by atoms with Crippen LogP contribution in [0.5, 0.6) is 0 Å². The number of carboxylic acids is 1. The lowest BCUT2D eigenvalue weighted by molar-refractivity contribution is -0.141. The maximum atomic E-state index is 14.7. The van der Waals surface area contributed by atoms with Crippen molar-refractivity contribution in [1.29, 1.82) is 0 Å². The molecule has 302 valence electrons. The molecule has 0 bridgehead atoms. The lowest BCUT2D eigenvalue weighted by atomic mass is 9.83. The van der Waals surface area contributed by atoms with Crippen LogP contribution >= 0.6 is 0 Å². The van der Waals surface area contributed by atoms with Crippen molar-refractivity contribution in [3.05, 3.63) is 77.1 Å². The van der Waals surface area contributed by atoms with Crippen LogP contribution in [-0.4, -0.2) is 77.0 Å². The van der Waals surface area contributed by atoms with Gasteiger partial charge in [0.15, 0.2) is 0 Å². The molecule has 3 rings (SSSR count). The Hall–Kier alpha value is -5.93. The zero-order chi connectivity index (χ0) is 41.5. The van der Waals surface area contributed by atoms with E-state index in [4.69, 9.17) is 5.73 Å². The first kappa shape index (κ1) is 44.5. The number of Topliss-reactive ketones (excluding diaryl/α,β-unsaturated/α-hetero) is 1. The first-order chi connectivity index (χ1) is 26.6. The van der Waals surface area contributed by atoms with Gasteiger partial charge in [-0.25, -0.2) is 9.18 Å². The predicted octanol–water partition coefficient (Wildman–Crippen LogP) is 2.69. The van der Waals surface area contributed by atoms with Crippen LogP contribution in [0.4, 0.5) is 4.39 Å². The molecular weight excluding hydrogens is 727 g/mol. The highest BCUT2D eigenvalue weighted by atomic mass is 19.1. The number of carboxylic acid groups (broad SMARTS) is 1. The van der Waals surface area contributed by atoms with Crippen LogP contribution in [0.1, 0.15) is 110 Å². The summed E-state index contributed by atoms with van der Waals surface area (Å²) in [6.45, 7) is 8.25. The van der Waals surface area contributed by atoms with E-state index in [1.807, 2.05) is 0 Å². The van der Waals surface area contributed by atoms with E-state index in [9.17, 15) is 47.9 Å². The number of ketones is 1. The van der Waals surface area contributed by atoms with Crippen LogP contribution in [0.2, 0.25) is 0 Å². The fourth-order valence-corrected chi connectivity index (χ4v) is 6.67. The molecule has 1 saturated carbocycles. The molecule has 15 nitrogen and oxygen atoms in total. The van der Waals surface area contributed by atoms with Gasteiger partial charge in [0.25, 0.3) is 11.8 Å². The maximum Gasteiger partial charge on any atom is 0.339 e. The fraction of sp³-hybridized carbons (Fsp3) is 0.450. The molecule has 4 atom stereocenters. The van der Waals surface area contributed by atoms with Gasteiger partial charge in [0, 0.05) is 0 Å². The zero-order valence-electron chi connectivity index (χ0n) is 31.8. The van der Waals surface area contributed by atoms with Gasteiger partial charge in [-0.3, -0.25) is 33.6 Å². The van der Waals surface area contributed by atoms with E-state index in [2.05, 4.69) is 33.2 Å². The number of hydrogen-bond acceptors (Lipinski definition) is 8. The number of nitrogens with two attached hydrogens (primary N) is 1. The number of primary amides is 1. The van der Waals surface area contributed by atoms with Crippen molar-refractivity contribution in [2.45, 2.75) is 96.3 Å². The molecule has 0 aromatic heterocycles. The largest absolute Gasteiger partial charge is 0.478 e. The Balaban J connectivity index is 1.78. The molecule has 2 aromatic carbocycles. The van der Waals surface area contributed by atoms with Crippen LogP contribution in [-0.2, 0) is 28.8 Å². The minimum Gasteiger partial charge on any atom is -0.478 e. The van der Waals surface area contributed by atoms with Crippen molar-refractivity contribution in [3.63, 3.8) is 0 Å². The molecule has 1 aliphatic rings. The second-order valence-corrected chi connectivity index (χ2v) is 14.1. The third kappa shape index (κ3) is 12.3. The zero-order valence-corrected chi connectivity index (χ0v) is 31.8. The second kappa shape index (κ2) is 21.2. The highest BCUT2D eigenvalue weighted by Gasteiger charge is 2.37. The number of carbonyl (C=O) groups is 8. The molecule has 56 heavy (non-hydrogen) atoms. The summed E-state index contributed by atoms with van der Waals surface area (Å²) in [6.07, 6.45) is 5.18. The van der Waals surface area contributed by atoms with Gasteiger partial charge in [0.1, 0.15) is 29.5 Å². The Morgan fingerprint density at radius 2 is 1.52 bits per heavy atom. The predicted molar refractivity (Wildman–Crippen MR) is 204 cm³/mol. The van der Waals surface area contributed by atoms with Gasteiger partial charge in [-0.1, -0.05) is 95.5 Å². The molecule has 0 heterocycles. The van der Waals surface area contributed by atoms with E-state index in [1.165, 1.54) is 12.1 Å². The summed E-state index contributed by atoms with van der Waals surface area (Å²) in [7, 11) is 0. The number of aromatic carboxylic acids is 1. The van der Waals surface area contributed by atoms with Crippen molar-refractivity contribution >= 4 is 53.3 Å². The van der Waals surface area contributed by atoms with E-state index in [1.54, 1.807) is 51.1 Å². The molecular formula is C40H51FN6O9. The molecule has 0 spiro atoms. The number of rotatable bonds is 20. The van der Waals surface area contributed by atoms with E-state index < -0.39 is 101 Å². The van der Waals surface area contributed by atoms with Crippen molar-refractivity contribution in [3.8, 4) is 0 Å². The van der Waals surface area contributed by atoms with Crippen LogP contribution in [0.25, 0.3) is 6.08 Å². The SMILES string of the molecule is C=Cc1ccc(F)c(C(=O)O)c1C(=O)NC(C(=O)NC(CC(C)C)C(=O)NC(CCC)C(=O)C(=O)NCC(=O)NC(C(N)=O)c1ccccc1)C1CCCCC1. The molecule has 2 aromatic rings. The Bertz CT molecular complexity index is 1800. The van der Waals surface area contributed by atoms with E-state index in [0.29, 0.717) is 24.8 Å². The Morgan fingerprint density at radius 1 is 0.875 bits per heavy atom. The number of hydrogen-bond donors (Lipinski definition) is 7. The summed E-state index contributed by atoms with van der Waals surface area (Å²) in [5, 5.41) is 22.2. The number of nitrogens with one attached hydrogen (secondary N) is 5. The standard InChI is InChI=1S/C40H51FN6O9/c1-5-13-27(34(49)39(54)43-21-29(48)46-32(35(42)50)24-14-9-7-10-15-24)44-36(51)28(20-22(3)4)45-38(53)33(25-16-11-8-12-17-25)47-37(52)30-23(6-2)18-19-26(41)31(30)40(55)56/h6-7,9-10,14-15,18-19,22,25,27-28,32-33H,2,5,8,11-13,16-17,20-21H2,1,3-4H3,(H2,42,50)(H,43,54)(H,44,51)(H,45,53)(H,46,48)(H,47,52)(H,55,56). The van der Waals surface area contributed by atoms with Gasteiger partial charge in [-0.15, -0.1) is 0 Å². The van der Waals surface area contributed by atoms with Crippen LogP contribution < -0.4 is 32.3 Å². The van der Waals surface area contributed by atoms with Gasteiger partial charge in [0.05, 0.1) is 18.2 Å². The topological polar surface area (TPSA) is 243 Å². The van der Waals surface area contributed by atoms with Gasteiger partial charge in [-0.05, 0) is 54.7 Å². The van der Waals surface area contributed by atoms with E-state index in [-0.39, 0.29) is 24.3 Å². The quantitative estimate of drug-likeness (QED) is 0.0977. The molecule has 1 fully saturated rings. The number of amides is 6. The molecule has 6 amide bonds. The summed E-state index contributed by atoms with van der Waals surface area (Å²) in [6, 6.07) is 5.29.